The minimum absolute atomic E-state index is 0.141. The predicted molar refractivity (Wildman–Crippen MR) is 126 cm³/mol. The highest BCUT2D eigenvalue weighted by atomic mass is 32.2. The lowest BCUT2D eigenvalue weighted by atomic mass is 10.0. The zero-order valence-electron chi connectivity index (χ0n) is 17.9. The Balaban J connectivity index is 1.38. The van der Waals surface area contributed by atoms with Gasteiger partial charge in [-0.2, -0.15) is 4.31 Å². The molecule has 0 radical (unpaired) electrons. The molecule has 32 heavy (non-hydrogen) atoms. The van der Waals surface area contributed by atoms with Crippen molar-refractivity contribution in [3.05, 3.63) is 83.9 Å². The molecule has 1 aliphatic heterocycles. The van der Waals surface area contributed by atoms with Crippen LogP contribution in [0.15, 0.2) is 77.7 Å². The zero-order valence-corrected chi connectivity index (χ0v) is 18.7. The first kappa shape index (κ1) is 22.2. The fourth-order valence-corrected chi connectivity index (χ4v) is 5.09. The van der Waals surface area contributed by atoms with Crippen LogP contribution in [0.5, 0.6) is 0 Å². The fourth-order valence-electron chi connectivity index (χ4n) is 3.68. The van der Waals surface area contributed by atoms with Crippen LogP contribution in [0.25, 0.3) is 16.8 Å². The normalized spacial score (nSPS) is 16.3. The molecule has 0 saturated carbocycles. The van der Waals surface area contributed by atoms with E-state index >= 15 is 0 Å². The van der Waals surface area contributed by atoms with Crippen LogP contribution in [0.2, 0.25) is 0 Å². The van der Waals surface area contributed by atoms with E-state index < -0.39 is 10.0 Å². The van der Waals surface area contributed by atoms with Crippen LogP contribution in [0.1, 0.15) is 24.1 Å². The molecule has 1 amide bonds. The van der Waals surface area contributed by atoms with Gasteiger partial charge in [-0.3, -0.25) is 4.79 Å². The van der Waals surface area contributed by atoms with Crippen LogP contribution in [-0.4, -0.2) is 44.9 Å². The monoisotopic (exact) mass is 450 g/mol. The molecule has 1 aliphatic rings. The number of rotatable bonds is 6. The molecule has 4 rings (SSSR count). The molecule has 166 valence electrons. The molecular weight excluding hydrogens is 424 g/mol. The second kappa shape index (κ2) is 9.65. The summed E-state index contributed by atoms with van der Waals surface area (Å²) in [7, 11) is -3.52. The number of nitrogens with zero attached hydrogens (tertiary/aromatic N) is 1. The van der Waals surface area contributed by atoms with Gasteiger partial charge in [0.25, 0.3) is 0 Å². The highest BCUT2D eigenvalue weighted by Crippen LogP contribution is 2.21. The number of sulfonamides is 1. The van der Waals surface area contributed by atoms with Crippen molar-refractivity contribution in [2.45, 2.75) is 17.9 Å². The number of nitrogens with one attached hydrogen (secondary N) is 1. The lowest BCUT2D eigenvalue weighted by molar-refractivity contribution is -0.117. The van der Waals surface area contributed by atoms with Gasteiger partial charge >= 0.3 is 0 Å². The van der Waals surface area contributed by atoms with Gasteiger partial charge in [0.2, 0.25) is 15.9 Å². The fraction of sp³-hybridized carbons (Fsp3) is 0.240. The number of amides is 1. The van der Waals surface area contributed by atoms with Crippen molar-refractivity contribution in [1.82, 2.24) is 9.62 Å². The number of carbonyl (C=O) groups excluding carboxylic acids is 1. The largest absolute Gasteiger partial charge is 0.379 e. The van der Waals surface area contributed by atoms with Crippen molar-refractivity contribution >= 4 is 32.8 Å². The number of hydrogen-bond acceptors (Lipinski definition) is 4. The summed E-state index contributed by atoms with van der Waals surface area (Å²) in [6.45, 7) is 3.49. The van der Waals surface area contributed by atoms with Crippen molar-refractivity contribution in [2.75, 3.05) is 26.3 Å². The van der Waals surface area contributed by atoms with E-state index in [0.29, 0.717) is 26.3 Å². The van der Waals surface area contributed by atoms with E-state index in [9.17, 15) is 13.2 Å². The highest BCUT2D eigenvalue weighted by molar-refractivity contribution is 7.89. The Morgan fingerprint density at radius 1 is 1.00 bits per heavy atom. The summed E-state index contributed by atoms with van der Waals surface area (Å²) in [4.78, 5) is 12.6. The number of morpholine rings is 1. The minimum Gasteiger partial charge on any atom is -0.379 e. The summed E-state index contributed by atoms with van der Waals surface area (Å²) in [6.07, 6.45) is 3.14. The summed E-state index contributed by atoms with van der Waals surface area (Å²) in [6, 6.07) is 20.7. The first-order chi connectivity index (χ1) is 15.4. The number of ether oxygens (including phenoxy) is 1. The standard InChI is InChI=1S/C25H26N2O4S/c1-19(22-10-9-21-4-2-3-5-23(21)18-22)26-25(28)13-8-20-6-11-24(12-7-20)32(29,30)27-14-16-31-17-15-27/h2-13,18-19H,14-17H2,1H3,(H,26,28)/b13-8+. The molecule has 0 aliphatic carbocycles. The maximum atomic E-state index is 12.7. The number of carbonyl (C=O) groups is 1. The molecule has 0 spiro atoms. The molecule has 1 heterocycles. The quantitative estimate of drug-likeness (QED) is 0.581. The average molecular weight is 451 g/mol. The number of hydrogen-bond donors (Lipinski definition) is 1. The van der Waals surface area contributed by atoms with E-state index in [2.05, 4.69) is 29.6 Å². The topological polar surface area (TPSA) is 75.7 Å². The molecule has 7 heteroatoms. The van der Waals surface area contributed by atoms with Gasteiger partial charge in [-0.05, 0) is 53.1 Å². The third-order valence-corrected chi connectivity index (χ3v) is 7.46. The van der Waals surface area contributed by atoms with Gasteiger partial charge < -0.3 is 10.1 Å². The van der Waals surface area contributed by atoms with Crippen LogP contribution in [0, 0.1) is 0 Å². The van der Waals surface area contributed by atoms with Crippen LogP contribution in [0.3, 0.4) is 0 Å². The summed E-state index contributed by atoms with van der Waals surface area (Å²) in [5.74, 6) is -0.212. The van der Waals surface area contributed by atoms with Gasteiger partial charge in [-0.1, -0.05) is 48.5 Å². The first-order valence-corrected chi connectivity index (χ1v) is 12.0. The van der Waals surface area contributed by atoms with E-state index in [1.807, 2.05) is 25.1 Å². The molecule has 0 bridgehead atoms. The van der Waals surface area contributed by atoms with Gasteiger partial charge in [0.1, 0.15) is 0 Å². The Bertz CT molecular complexity index is 1230. The SMILES string of the molecule is CC(NC(=O)/C=C/c1ccc(S(=O)(=O)N2CCOCC2)cc1)c1ccc2ccccc2c1. The Kier molecular flexibility index (Phi) is 6.69. The highest BCUT2D eigenvalue weighted by Gasteiger charge is 2.25. The molecule has 3 aromatic carbocycles. The smallest absolute Gasteiger partial charge is 0.244 e. The predicted octanol–water partition coefficient (Wildman–Crippen LogP) is 3.75. The second-order valence-electron chi connectivity index (χ2n) is 7.76. The van der Waals surface area contributed by atoms with Crippen LogP contribution >= 0.6 is 0 Å². The Morgan fingerprint density at radius 2 is 1.69 bits per heavy atom. The van der Waals surface area contributed by atoms with Crippen molar-refractivity contribution in [1.29, 1.82) is 0 Å². The van der Waals surface area contributed by atoms with E-state index in [1.165, 1.54) is 10.4 Å². The van der Waals surface area contributed by atoms with Crippen molar-refractivity contribution in [2.24, 2.45) is 0 Å². The van der Waals surface area contributed by atoms with Crippen LogP contribution < -0.4 is 5.32 Å². The van der Waals surface area contributed by atoms with Gasteiger partial charge in [0, 0.05) is 19.2 Å². The maximum Gasteiger partial charge on any atom is 0.244 e. The molecule has 6 nitrogen and oxygen atoms in total. The molecule has 1 unspecified atom stereocenters. The maximum absolute atomic E-state index is 12.7. The number of fused-ring (bicyclic) bond motifs is 1. The summed E-state index contributed by atoms with van der Waals surface area (Å²) >= 11 is 0. The molecule has 1 atom stereocenters. The second-order valence-corrected chi connectivity index (χ2v) is 9.69. The third-order valence-electron chi connectivity index (χ3n) is 5.55. The van der Waals surface area contributed by atoms with Gasteiger partial charge in [-0.25, -0.2) is 8.42 Å². The van der Waals surface area contributed by atoms with E-state index in [4.69, 9.17) is 4.74 Å². The van der Waals surface area contributed by atoms with Gasteiger partial charge in [0.15, 0.2) is 0 Å². The molecule has 1 N–H and O–H groups in total. The minimum atomic E-state index is -3.52. The summed E-state index contributed by atoms with van der Waals surface area (Å²) in [5, 5.41) is 5.26. The first-order valence-electron chi connectivity index (χ1n) is 10.6. The molecular formula is C25H26N2O4S. The average Bonchev–Trinajstić information content (AvgIpc) is 2.83. The Morgan fingerprint density at radius 3 is 2.41 bits per heavy atom. The third kappa shape index (κ3) is 5.07. The molecule has 0 aromatic heterocycles. The van der Waals surface area contributed by atoms with Crippen molar-refractivity contribution in [3.63, 3.8) is 0 Å². The molecule has 3 aromatic rings. The Labute approximate surface area is 188 Å². The lowest BCUT2D eigenvalue weighted by Gasteiger charge is -2.26. The van der Waals surface area contributed by atoms with E-state index in [-0.39, 0.29) is 16.8 Å². The van der Waals surface area contributed by atoms with Crippen molar-refractivity contribution < 1.29 is 17.9 Å². The van der Waals surface area contributed by atoms with Gasteiger partial charge in [0.05, 0.1) is 24.2 Å². The van der Waals surface area contributed by atoms with Gasteiger partial charge in [-0.15, -0.1) is 0 Å². The molecule has 1 fully saturated rings. The lowest BCUT2D eigenvalue weighted by Crippen LogP contribution is -2.40. The van der Waals surface area contributed by atoms with E-state index in [0.717, 1.165) is 21.9 Å². The number of benzene rings is 3. The Hall–Kier alpha value is -3.00. The summed E-state index contributed by atoms with van der Waals surface area (Å²) < 4.78 is 32.0. The summed E-state index contributed by atoms with van der Waals surface area (Å²) in [5.41, 5.74) is 1.78. The van der Waals surface area contributed by atoms with Crippen molar-refractivity contribution in [3.8, 4) is 0 Å². The van der Waals surface area contributed by atoms with E-state index in [1.54, 1.807) is 30.3 Å². The zero-order chi connectivity index (χ0) is 22.6. The molecule has 1 saturated heterocycles. The van der Waals surface area contributed by atoms with Crippen LogP contribution in [-0.2, 0) is 19.6 Å². The van der Waals surface area contributed by atoms with Crippen LogP contribution in [0.4, 0.5) is 0 Å².